The number of hydrogen-bond donors (Lipinski definition) is 0. The van der Waals surface area contributed by atoms with E-state index in [0.29, 0.717) is 23.9 Å². The maximum atomic E-state index is 13.9. The van der Waals surface area contributed by atoms with Gasteiger partial charge in [0.2, 0.25) is 5.95 Å². The van der Waals surface area contributed by atoms with Crippen molar-refractivity contribution in [3.63, 3.8) is 0 Å². The molecule has 1 aliphatic heterocycles. The van der Waals surface area contributed by atoms with Gasteiger partial charge >= 0.3 is 0 Å². The summed E-state index contributed by atoms with van der Waals surface area (Å²) in [5, 5.41) is 0.897. The molecular weight excluding hydrogens is 413 g/mol. The Hall–Kier alpha value is -2.87. The van der Waals surface area contributed by atoms with Crippen LogP contribution in [0.2, 0.25) is 0 Å². The van der Waals surface area contributed by atoms with Crippen molar-refractivity contribution < 1.29 is 9.18 Å². The van der Waals surface area contributed by atoms with Crippen molar-refractivity contribution >= 4 is 23.2 Å². The first kappa shape index (κ1) is 21.4. The fourth-order valence-corrected chi connectivity index (χ4v) is 4.94. The molecule has 0 saturated carbocycles. The Labute approximate surface area is 185 Å². The van der Waals surface area contributed by atoms with E-state index in [1.165, 1.54) is 23.5 Å². The lowest BCUT2D eigenvalue weighted by Crippen LogP contribution is -2.39. The standard InChI is InChI=1S/C23H26FN5OS/c1-14-21(31-15(2)26-14)22(30)29-10-6-8-17(13-29)20-19(12-25-23(27-20)28(3)4)16-7-5-9-18(24)11-16/h5,7,9,11-12,17H,6,8,10,13H2,1-4H3/t17-/m1/s1. The average molecular weight is 440 g/mol. The summed E-state index contributed by atoms with van der Waals surface area (Å²) in [5.41, 5.74) is 3.21. The number of anilines is 1. The Kier molecular flexibility index (Phi) is 6.00. The fraction of sp³-hybridized carbons (Fsp3) is 0.391. The van der Waals surface area contributed by atoms with Crippen LogP contribution >= 0.6 is 11.3 Å². The number of amides is 1. The molecule has 3 heterocycles. The number of hydrogen-bond acceptors (Lipinski definition) is 6. The molecule has 0 bridgehead atoms. The molecule has 6 nitrogen and oxygen atoms in total. The number of likely N-dealkylation sites (tertiary alicyclic amines) is 1. The van der Waals surface area contributed by atoms with E-state index in [1.54, 1.807) is 12.3 Å². The number of aryl methyl sites for hydroxylation is 2. The molecule has 0 radical (unpaired) electrons. The number of halogens is 1. The Morgan fingerprint density at radius 1 is 1.26 bits per heavy atom. The minimum Gasteiger partial charge on any atom is -0.347 e. The van der Waals surface area contributed by atoms with Crippen LogP contribution in [-0.4, -0.2) is 52.9 Å². The third kappa shape index (κ3) is 4.44. The highest BCUT2D eigenvalue weighted by Crippen LogP contribution is 2.35. The van der Waals surface area contributed by atoms with E-state index in [0.717, 1.165) is 40.4 Å². The molecule has 1 atom stereocenters. The summed E-state index contributed by atoms with van der Waals surface area (Å²) < 4.78 is 13.9. The maximum Gasteiger partial charge on any atom is 0.265 e. The van der Waals surface area contributed by atoms with Gasteiger partial charge in [-0.15, -0.1) is 11.3 Å². The minimum atomic E-state index is -0.295. The molecule has 1 amide bonds. The van der Waals surface area contributed by atoms with Crippen LogP contribution in [0.25, 0.3) is 11.1 Å². The second-order valence-electron chi connectivity index (χ2n) is 8.11. The summed E-state index contributed by atoms with van der Waals surface area (Å²) in [6, 6.07) is 6.50. The monoisotopic (exact) mass is 439 g/mol. The van der Waals surface area contributed by atoms with Gasteiger partial charge in [0, 0.05) is 44.9 Å². The number of benzene rings is 1. The van der Waals surface area contributed by atoms with Crippen molar-refractivity contribution in [3.8, 4) is 11.1 Å². The van der Waals surface area contributed by atoms with E-state index in [-0.39, 0.29) is 17.6 Å². The van der Waals surface area contributed by atoms with E-state index in [4.69, 9.17) is 4.98 Å². The van der Waals surface area contributed by atoms with E-state index in [2.05, 4.69) is 9.97 Å². The molecule has 1 aliphatic rings. The number of thiazole rings is 1. The molecule has 8 heteroatoms. The molecule has 31 heavy (non-hydrogen) atoms. The summed E-state index contributed by atoms with van der Waals surface area (Å²) in [5.74, 6) is 0.387. The van der Waals surface area contributed by atoms with Crippen LogP contribution < -0.4 is 4.90 Å². The van der Waals surface area contributed by atoms with Gasteiger partial charge < -0.3 is 9.80 Å². The molecule has 1 saturated heterocycles. The predicted octanol–water partition coefficient (Wildman–Crippen LogP) is 4.44. The van der Waals surface area contributed by atoms with Crippen molar-refractivity contribution in [3.05, 3.63) is 57.6 Å². The van der Waals surface area contributed by atoms with Crippen LogP contribution in [-0.2, 0) is 0 Å². The average Bonchev–Trinajstić information content (AvgIpc) is 3.10. The molecule has 0 N–H and O–H groups in total. The maximum absolute atomic E-state index is 13.9. The zero-order valence-electron chi connectivity index (χ0n) is 18.2. The van der Waals surface area contributed by atoms with E-state index in [9.17, 15) is 9.18 Å². The van der Waals surface area contributed by atoms with Gasteiger partial charge in [0.15, 0.2) is 0 Å². The first-order valence-corrected chi connectivity index (χ1v) is 11.2. The first-order valence-electron chi connectivity index (χ1n) is 10.4. The SMILES string of the molecule is Cc1nc(C)c(C(=O)N2CCC[C@@H](c3nc(N(C)C)ncc3-c3cccc(F)c3)C2)s1. The number of rotatable bonds is 4. The van der Waals surface area contributed by atoms with E-state index in [1.807, 2.05) is 43.8 Å². The molecule has 1 aromatic carbocycles. The van der Waals surface area contributed by atoms with Crippen LogP contribution in [0.15, 0.2) is 30.5 Å². The zero-order valence-corrected chi connectivity index (χ0v) is 19.0. The number of piperidine rings is 1. The minimum absolute atomic E-state index is 0.0296. The molecule has 0 aliphatic carbocycles. The zero-order chi connectivity index (χ0) is 22.1. The van der Waals surface area contributed by atoms with Gasteiger partial charge in [-0.25, -0.2) is 19.3 Å². The van der Waals surface area contributed by atoms with E-state index < -0.39 is 0 Å². The molecule has 1 fully saturated rings. The topological polar surface area (TPSA) is 62.2 Å². The Balaban J connectivity index is 1.69. The molecular formula is C23H26FN5OS. The van der Waals surface area contributed by atoms with Gasteiger partial charge in [-0.2, -0.15) is 0 Å². The highest BCUT2D eigenvalue weighted by atomic mass is 32.1. The quantitative estimate of drug-likeness (QED) is 0.601. The van der Waals surface area contributed by atoms with Crippen molar-refractivity contribution in [2.45, 2.75) is 32.6 Å². The van der Waals surface area contributed by atoms with Crippen LogP contribution in [0.5, 0.6) is 0 Å². The summed E-state index contributed by atoms with van der Waals surface area (Å²) in [7, 11) is 3.79. The summed E-state index contributed by atoms with van der Waals surface area (Å²) >= 11 is 1.44. The third-order valence-electron chi connectivity index (χ3n) is 5.53. The molecule has 162 valence electrons. The second-order valence-corrected chi connectivity index (χ2v) is 9.31. The van der Waals surface area contributed by atoms with Crippen molar-refractivity contribution in [2.75, 3.05) is 32.1 Å². The summed E-state index contributed by atoms with van der Waals surface area (Å²) in [4.78, 5) is 31.4. The number of nitrogens with zero attached hydrogens (tertiary/aromatic N) is 5. The lowest BCUT2D eigenvalue weighted by Gasteiger charge is -2.33. The van der Waals surface area contributed by atoms with Crippen molar-refractivity contribution in [2.24, 2.45) is 0 Å². The van der Waals surface area contributed by atoms with Gasteiger partial charge in [0.05, 0.1) is 16.4 Å². The van der Waals surface area contributed by atoms with Crippen LogP contribution in [0, 0.1) is 19.7 Å². The van der Waals surface area contributed by atoms with Crippen LogP contribution in [0.3, 0.4) is 0 Å². The Morgan fingerprint density at radius 3 is 2.74 bits per heavy atom. The van der Waals surface area contributed by atoms with Gasteiger partial charge in [0.1, 0.15) is 10.7 Å². The predicted molar refractivity (Wildman–Crippen MR) is 121 cm³/mol. The molecule has 0 unspecified atom stereocenters. The molecule has 4 rings (SSSR count). The lowest BCUT2D eigenvalue weighted by molar-refractivity contribution is 0.0710. The smallest absolute Gasteiger partial charge is 0.265 e. The third-order valence-corrected chi connectivity index (χ3v) is 6.60. The highest BCUT2D eigenvalue weighted by Gasteiger charge is 2.30. The summed E-state index contributed by atoms with van der Waals surface area (Å²) in [6.07, 6.45) is 3.57. The largest absolute Gasteiger partial charge is 0.347 e. The van der Waals surface area contributed by atoms with Crippen LogP contribution in [0.4, 0.5) is 10.3 Å². The van der Waals surface area contributed by atoms with Crippen molar-refractivity contribution in [1.29, 1.82) is 0 Å². The van der Waals surface area contributed by atoms with Crippen molar-refractivity contribution in [1.82, 2.24) is 19.9 Å². The summed E-state index contributed by atoms with van der Waals surface area (Å²) in [6.45, 7) is 5.09. The Morgan fingerprint density at radius 2 is 2.06 bits per heavy atom. The number of aromatic nitrogens is 3. The highest BCUT2D eigenvalue weighted by molar-refractivity contribution is 7.13. The normalized spacial score (nSPS) is 16.4. The van der Waals surface area contributed by atoms with Gasteiger partial charge in [0.25, 0.3) is 5.91 Å². The molecule has 3 aromatic rings. The Bertz CT molecular complexity index is 1110. The van der Waals surface area contributed by atoms with Gasteiger partial charge in [-0.1, -0.05) is 12.1 Å². The fourth-order valence-electron chi connectivity index (χ4n) is 4.05. The van der Waals surface area contributed by atoms with Gasteiger partial charge in [-0.05, 0) is 44.4 Å². The number of carbonyl (C=O) groups is 1. The lowest BCUT2D eigenvalue weighted by atomic mass is 9.89. The van der Waals surface area contributed by atoms with Gasteiger partial charge in [-0.3, -0.25) is 4.79 Å². The van der Waals surface area contributed by atoms with E-state index >= 15 is 0 Å². The number of carbonyl (C=O) groups excluding carboxylic acids is 1. The molecule has 2 aromatic heterocycles. The second kappa shape index (κ2) is 8.70. The molecule has 0 spiro atoms. The van der Waals surface area contributed by atoms with Crippen LogP contribution in [0.1, 0.15) is 44.8 Å². The first-order chi connectivity index (χ1) is 14.8.